The summed E-state index contributed by atoms with van der Waals surface area (Å²) in [6, 6.07) is 17.7. The first-order chi connectivity index (χ1) is 19.2. The van der Waals surface area contributed by atoms with Crippen molar-refractivity contribution in [1.29, 1.82) is 0 Å². The molecule has 1 atom stereocenters. The molecule has 1 aromatic heterocycles. The lowest BCUT2D eigenvalue weighted by Crippen LogP contribution is -2.46. The summed E-state index contributed by atoms with van der Waals surface area (Å²) in [6.45, 7) is 1.39. The molecule has 3 aromatic carbocycles. The van der Waals surface area contributed by atoms with Gasteiger partial charge in [-0.05, 0) is 54.4 Å². The molecule has 3 amide bonds. The number of anilines is 1. The highest BCUT2D eigenvalue weighted by Gasteiger charge is 2.44. The lowest BCUT2D eigenvalue weighted by atomic mass is 10.1. The summed E-state index contributed by atoms with van der Waals surface area (Å²) in [5.74, 6) is -1.81. The number of aromatic nitrogens is 1. The summed E-state index contributed by atoms with van der Waals surface area (Å²) in [5.41, 5.74) is 2.15. The summed E-state index contributed by atoms with van der Waals surface area (Å²) in [7, 11) is 0. The number of hydrogen-bond acceptors (Lipinski definition) is 7. The largest absolute Gasteiger partial charge is 0.427 e. The summed E-state index contributed by atoms with van der Waals surface area (Å²) < 4.78 is 5.02. The number of imide groups is 1. The van der Waals surface area contributed by atoms with Crippen molar-refractivity contribution in [1.82, 2.24) is 9.88 Å². The molecule has 1 aliphatic heterocycles. The zero-order chi connectivity index (χ0) is 28.4. The number of H-pyrrole nitrogens is 1. The molecule has 5 rings (SSSR count). The Morgan fingerprint density at radius 2 is 1.75 bits per heavy atom. The van der Waals surface area contributed by atoms with Gasteiger partial charge >= 0.3 is 5.97 Å². The number of carbonyl (C=O) groups excluding carboxylic acids is 4. The van der Waals surface area contributed by atoms with Gasteiger partial charge in [-0.3, -0.25) is 29.3 Å². The Hall–Kier alpha value is -5.32. The molecule has 202 valence electrons. The molecule has 0 saturated carbocycles. The van der Waals surface area contributed by atoms with Crippen molar-refractivity contribution in [3.05, 3.63) is 100 Å². The molecule has 40 heavy (non-hydrogen) atoms. The number of rotatable bonds is 8. The number of hydrogen-bond donors (Lipinski definition) is 1. The van der Waals surface area contributed by atoms with Crippen LogP contribution in [-0.2, 0) is 20.8 Å². The summed E-state index contributed by atoms with van der Waals surface area (Å²) >= 11 is 0. The second-order valence-electron chi connectivity index (χ2n) is 9.29. The molecule has 1 fully saturated rings. The highest BCUT2D eigenvalue weighted by molar-refractivity contribution is 6.23. The summed E-state index contributed by atoms with van der Waals surface area (Å²) in [4.78, 5) is 67.7. The van der Waals surface area contributed by atoms with Gasteiger partial charge in [0.05, 0.1) is 17.0 Å². The minimum atomic E-state index is -1.08. The van der Waals surface area contributed by atoms with E-state index in [4.69, 9.17) is 4.74 Å². The number of esters is 1. The predicted octanol–water partition coefficient (Wildman–Crippen LogP) is 4.02. The van der Waals surface area contributed by atoms with Gasteiger partial charge in [-0.2, -0.15) is 0 Å². The minimum Gasteiger partial charge on any atom is -0.427 e. The first-order valence-electron chi connectivity index (χ1n) is 12.5. The van der Waals surface area contributed by atoms with Crippen LogP contribution in [0.15, 0.2) is 79.0 Å². The quantitative estimate of drug-likeness (QED) is 0.117. The predicted molar refractivity (Wildman–Crippen MR) is 145 cm³/mol. The van der Waals surface area contributed by atoms with Crippen molar-refractivity contribution >= 4 is 46.0 Å². The van der Waals surface area contributed by atoms with Gasteiger partial charge in [-0.1, -0.05) is 18.2 Å². The Morgan fingerprint density at radius 1 is 1.05 bits per heavy atom. The van der Waals surface area contributed by atoms with Gasteiger partial charge in [-0.15, -0.1) is 0 Å². The van der Waals surface area contributed by atoms with Gasteiger partial charge in [0, 0.05) is 48.3 Å². The van der Waals surface area contributed by atoms with Crippen molar-refractivity contribution in [2.45, 2.75) is 25.8 Å². The van der Waals surface area contributed by atoms with E-state index < -0.39 is 34.7 Å². The molecular formula is C29H24N4O7. The van der Waals surface area contributed by atoms with Crippen molar-refractivity contribution in [3.63, 3.8) is 0 Å². The first kappa shape index (κ1) is 26.3. The number of nitro groups is 1. The van der Waals surface area contributed by atoms with Crippen LogP contribution in [0.3, 0.4) is 0 Å². The van der Waals surface area contributed by atoms with Gasteiger partial charge < -0.3 is 14.6 Å². The Bertz CT molecular complexity index is 1630. The van der Waals surface area contributed by atoms with E-state index >= 15 is 0 Å². The fourth-order valence-electron chi connectivity index (χ4n) is 4.83. The zero-order valence-electron chi connectivity index (χ0n) is 21.4. The highest BCUT2D eigenvalue weighted by Crippen LogP contribution is 2.29. The maximum Gasteiger partial charge on any atom is 0.308 e. The van der Waals surface area contributed by atoms with Crippen LogP contribution in [-0.4, -0.2) is 51.1 Å². The number of nitrogens with zero attached hydrogens (tertiary/aromatic N) is 3. The van der Waals surface area contributed by atoms with Crippen LogP contribution in [0.5, 0.6) is 5.75 Å². The Kier molecular flexibility index (Phi) is 7.11. The van der Waals surface area contributed by atoms with Crippen LogP contribution < -0.4 is 9.64 Å². The Balaban J connectivity index is 1.44. The van der Waals surface area contributed by atoms with Crippen LogP contribution in [0.1, 0.15) is 29.3 Å². The first-order valence-corrected chi connectivity index (χ1v) is 12.5. The smallest absolute Gasteiger partial charge is 0.308 e. The molecule has 1 unspecified atom stereocenters. The molecule has 1 N–H and O–H groups in total. The Morgan fingerprint density at radius 3 is 2.42 bits per heavy atom. The van der Waals surface area contributed by atoms with Crippen molar-refractivity contribution in [2.24, 2.45) is 0 Å². The highest BCUT2D eigenvalue weighted by atomic mass is 16.6. The van der Waals surface area contributed by atoms with E-state index in [-0.39, 0.29) is 35.7 Å². The number of carbonyl (C=O) groups is 4. The number of ether oxygens (including phenoxy) is 1. The lowest BCUT2D eigenvalue weighted by molar-refractivity contribution is -0.384. The molecule has 0 spiro atoms. The van der Waals surface area contributed by atoms with Gasteiger partial charge in [0.25, 0.3) is 17.5 Å². The number of nitrogens with one attached hydrogen (secondary N) is 1. The van der Waals surface area contributed by atoms with Crippen molar-refractivity contribution < 1.29 is 28.8 Å². The van der Waals surface area contributed by atoms with Crippen LogP contribution in [0, 0.1) is 10.1 Å². The number of amides is 3. The van der Waals surface area contributed by atoms with E-state index in [0.717, 1.165) is 21.4 Å². The van der Waals surface area contributed by atoms with E-state index in [1.165, 1.54) is 60.4 Å². The molecule has 1 aliphatic rings. The normalized spacial score (nSPS) is 14.9. The van der Waals surface area contributed by atoms with Gasteiger partial charge in [-0.25, -0.2) is 4.90 Å². The SMILES string of the molecule is CC(=O)Oc1ccc(N2C(=O)CC(N(CCc3c[nH]c4ccccc34)C(=O)c3ccc([N+](=O)[O-])cc3)C2=O)cc1. The van der Waals surface area contributed by atoms with E-state index in [2.05, 4.69) is 4.98 Å². The molecule has 0 radical (unpaired) electrons. The summed E-state index contributed by atoms with van der Waals surface area (Å²) in [6.07, 6.45) is 2.02. The van der Waals surface area contributed by atoms with Crippen LogP contribution in [0.25, 0.3) is 10.9 Å². The lowest BCUT2D eigenvalue weighted by Gasteiger charge is -2.28. The van der Waals surface area contributed by atoms with Crippen molar-refractivity contribution in [3.8, 4) is 5.75 Å². The topological polar surface area (TPSA) is 143 Å². The minimum absolute atomic E-state index is 0.126. The Labute approximate surface area is 228 Å². The van der Waals surface area contributed by atoms with Gasteiger partial charge in [0.15, 0.2) is 0 Å². The maximum atomic E-state index is 13.7. The van der Waals surface area contributed by atoms with Crippen LogP contribution >= 0.6 is 0 Å². The standard InChI is InChI=1S/C29H24N4O7/c1-18(34)40-23-12-10-21(11-13-23)32-27(35)16-26(29(32)37)31(28(36)19-6-8-22(9-7-19)33(38)39)15-14-20-17-30-25-5-3-2-4-24(20)25/h2-13,17,26,30H,14-16H2,1H3. The molecule has 0 bridgehead atoms. The van der Waals surface area contributed by atoms with Gasteiger partial charge in [0.2, 0.25) is 5.91 Å². The van der Waals surface area contributed by atoms with Crippen LogP contribution in [0.4, 0.5) is 11.4 Å². The van der Waals surface area contributed by atoms with Crippen molar-refractivity contribution in [2.75, 3.05) is 11.4 Å². The number of non-ortho nitro benzene ring substituents is 1. The fraction of sp³-hybridized carbons (Fsp3) is 0.172. The zero-order valence-corrected chi connectivity index (χ0v) is 21.4. The number of benzene rings is 3. The molecule has 11 nitrogen and oxygen atoms in total. The fourth-order valence-corrected chi connectivity index (χ4v) is 4.83. The molecule has 2 heterocycles. The van der Waals surface area contributed by atoms with E-state index in [9.17, 15) is 29.3 Å². The average molecular weight is 541 g/mol. The van der Waals surface area contributed by atoms with E-state index in [1.807, 2.05) is 30.5 Å². The molecular weight excluding hydrogens is 516 g/mol. The number of para-hydroxylation sites is 1. The number of aromatic amines is 1. The second kappa shape index (κ2) is 10.8. The molecule has 1 saturated heterocycles. The molecule has 4 aromatic rings. The number of nitro benzene ring substituents is 1. The second-order valence-corrected chi connectivity index (χ2v) is 9.29. The summed E-state index contributed by atoms with van der Waals surface area (Å²) in [5, 5.41) is 12.1. The third kappa shape index (κ3) is 5.17. The maximum absolute atomic E-state index is 13.7. The number of fused-ring (bicyclic) bond motifs is 1. The molecule has 0 aliphatic carbocycles. The monoisotopic (exact) mass is 540 g/mol. The van der Waals surface area contributed by atoms with Crippen LogP contribution in [0.2, 0.25) is 0 Å². The van der Waals surface area contributed by atoms with E-state index in [0.29, 0.717) is 6.42 Å². The van der Waals surface area contributed by atoms with E-state index in [1.54, 1.807) is 0 Å². The molecule has 11 heteroatoms. The van der Waals surface area contributed by atoms with Gasteiger partial charge in [0.1, 0.15) is 11.8 Å². The average Bonchev–Trinajstić information content (AvgIpc) is 3.49. The third-order valence-electron chi connectivity index (χ3n) is 6.74. The third-order valence-corrected chi connectivity index (χ3v) is 6.74.